The zero-order valence-corrected chi connectivity index (χ0v) is 15.1. The van der Waals surface area contributed by atoms with Crippen molar-refractivity contribution in [2.24, 2.45) is 5.92 Å². The molecule has 4 nitrogen and oxygen atoms in total. The summed E-state index contributed by atoms with van der Waals surface area (Å²) in [7, 11) is 0. The summed E-state index contributed by atoms with van der Waals surface area (Å²) < 4.78 is 0. The van der Waals surface area contributed by atoms with Crippen molar-refractivity contribution in [3.05, 3.63) is 46.2 Å². The Bertz CT molecular complexity index is 649. The van der Waals surface area contributed by atoms with E-state index in [4.69, 9.17) is 11.6 Å². The predicted octanol–water partition coefficient (Wildman–Crippen LogP) is 4.45. The van der Waals surface area contributed by atoms with Crippen molar-refractivity contribution >= 4 is 23.3 Å². The van der Waals surface area contributed by atoms with Gasteiger partial charge in [0.15, 0.2) is 11.5 Å². The number of nitrogens with zero attached hydrogens (tertiary/aromatic N) is 1. The molecule has 24 heavy (non-hydrogen) atoms. The Morgan fingerprint density at radius 2 is 1.88 bits per heavy atom. The molecular formula is C19H24ClNO3. The van der Waals surface area contributed by atoms with Gasteiger partial charge in [-0.2, -0.15) is 0 Å². The van der Waals surface area contributed by atoms with E-state index >= 15 is 0 Å². The van der Waals surface area contributed by atoms with E-state index in [1.165, 1.54) is 0 Å². The van der Waals surface area contributed by atoms with Crippen LogP contribution in [0.1, 0.15) is 51.6 Å². The van der Waals surface area contributed by atoms with Crippen LogP contribution in [0, 0.1) is 5.92 Å². The number of ketones is 1. The predicted molar refractivity (Wildman–Crippen MR) is 94.9 cm³/mol. The SMILES string of the molecule is CCCCCN1C(=O)C(O)=C(C(=O)C(C)C)C1c1ccc(Cl)cc1. The molecule has 1 aliphatic rings. The Labute approximate surface area is 148 Å². The van der Waals surface area contributed by atoms with E-state index in [-0.39, 0.29) is 17.3 Å². The number of aliphatic hydroxyl groups excluding tert-OH is 1. The summed E-state index contributed by atoms with van der Waals surface area (Å²) in [6.45, 7) is 6.14. The number of carbonyl (C=O) groups excluding carboxylic acids is 2. The summed E-state index contributed by atoms with van der Waals surface area (Å²) in [6.07, 6.45) is 2.86. The molecule has 1 aromatic carbocycles. The third kappa shape index (κ3) is 3.64. The maximum atomic E-state index is 12.6. The summed E-state index contributed by atoms with van der Waals surface area (Å²) in [4.78, 5) is 26.7. The molecule has 2 rings (SSSR count). The Morgan fingerprint density at radius 1 is 1.25 bits per heavy atom. The molecule has 5 heteroatoms. The number of rotatable bonds is 7. The number of hydrogen-bond acceptors (Lipinski definition) is 3. The number of benzene rings is 1. The zero-order chi connectivity index (χ0) is 17.9. The van der Waals surface area contributed by atoms with Gasteiger partial charge in [0, 0.05) is 17.5 Å². The van der Waals surface area contributed by atoms with E-state index in [0.29, 0.717) is 11.6 Å². The van der Waals surface area contributed by atoms with Crippen molar-refractivity contribution < 1.29 is 14.7 Å². The van der Waals surface area contributed by atoms with E-state index in [0.717, 1.165) is 24.8 Å². The van der Waals surface area contributed by atoms with Crippen molar-refractivity contribution in [3.63, 3.8) is 0 Å². The second-order valence-electron chi connectivity index (χ2n) is 6.44. The van der Waals surface area contributed by atoms with Crippen LogP contribution in [-0.4, -0.2) is 28.2 Å². The van der Waals surface area contributed by atoms with Crippen molar-refractivity contribution in [1.29, 1.82) is 0 Å². The van der Waals surface area contributed by atoms with Gasteiger partial charge in [0.05, 0.1) is 11.6 Å². The molecule has 0 spiro atoms. The molecule has 0 aromatic heterocycles. The van der Waals surface area contributed by atoms with Gasteiger partial charge in [-0.05, 0) is 24.1 Å². The molecule has 1 atom stereocenters. The fourth-order valence-electron chi connectivity index (χ4n) is 2.97. The first-order valence-electron chi connectivity index (χ1n) is 8.42. The molecule has 1 N–H and O–H groups in total. The fourth-order valence-corrected chi connectivity index (χ4v) is 3.10. The van der Waals surface area contributed by atoms with Crippen LogP contribution < -0.4 is 0 Å². The summed E-state index contributed by atoms with van der Waals surface area (Å²) in [6, 6.07) is 6.54. The number of hydrogen-bond donors (Lipinski definition) is 1. The normalized spacial score (nSPS) is 18.0. The topological polar surface area (TPSA) is 57.6 Å². The first-order chi connectivity index (χ1) is 11.4. The summed E-state index contributed by atoms with van der Waals surface area (Å²) in [5, 5.41) is 10.9. The smallest absolute Gasteiger partial charge is 0.290 e. The number of amides is 1. The fraction of sp³-hybridized carbons (Fsp3) is 0.474. The standard InChI is InChI=1S/C19H24ClNO3/c1-4-5-6-11-21-16(13-7-9-14(20)10-8-13)15(17(22)12(2)3)18(23)19(21)24/h7-10,12,16,23H,4-6,11H2,1-3H3. The van der Waals surface area contributed by atoms with Crippen LogP contribution in [0.15, 0.2) is 35.6 Å². The molecule has 0 bridgehead atoms. The quantitative estimate of drug-likeness (QED) is 0.740. The second-order valence-corrected chi connectivity index (χ2v) is 6.88. The molecule has 0 radical (unpaired) electrons. The van der Waals surface area contributed by atoms with Crippen LogP contribution >= 0.6 is 11.6 Å². The molecule has 1 aromatic rings. The van der Waals surface area contributed by atoms with E-state index in [1.54, 1.807) is 43.0 Å². The van der Waals surface area contributed by atoms with Crippen LogP contribution in [0.3, 0.4) is 0 Å². The first kappa shape index (κ1) is 18.5. The average molecular weight is 350 g/mol. The van der Waals surface area contributed by atoms with Gasteiger partial charge in [0.2, 0.25) is 0 Å². The van der Waals surface area contributed by atoms with Crippen LogP contribution in [0.2, 0.25) is 5.02 Å². The van der Waals surface area contributed by atoms with Crippen molar-refractivity contribution in [1.82, 2.24) is 4.90 Å². The van der Waals surface area contributed by atoms with Gasteiger partial charge in [-0.1, -0.05) is 57.3 Å². The number of halogens is 1. The van der Waals surface area contributed by atoms with E-state index in [2.05, 4.69) is 6.92 Å². The molecule has 130 valence electrons. The maximum absolute atomic E-state index is 12.6. The summed E-state index contributed by atoms with van der Waals surface area (Å²) in [5.74, 6) is -1.36. The highest BCUT2D eigenvalue weighted by Crippen LogP contribution is 2.39. The lowest BCUT2D eigenvalue weighted by atomic mass is 9.91. The lowest BCUT2D eigenvalue weighted by Gasteiger charge is -2.27. The lowest BCUT2D eigenvalue weighted by molar-refractivity contribution is -0.129. The molecule has 0 fully saturated rings. The average Bonchev–Trinajstić information content (AvgIpc) is 2.80. The highest BCUT2D eigenvalue weighted by Gasteiger charge is 2.43. The number of Topliss-reactive ketones (excluding diaryl/α,β-unsaturated/α-hetero) is 1. The molecule has 1 amide bonds. The van der Waals surface area contributed by atoms with Gasteiger partial charge < -0.3 is 10.0 Å². The molecular weight excluding hydrogens is 326 g/mol. The van der Waals surface area contributed by atoms with Gasteiger partial charge in [-0.3, -0.25) is 9.59 Å². The highest BCUT2D eigenvalue weighted by atomic mass is 35.5. The minimum absolute atomic E-state index is 0.196. The Hall–Kier alpha value is -1.81. The lowest BCUT2D eigenvalue weighted by Crippen LogP contribution is -2.32. The molecule has 0 saturated carbocycles. The largest absolute Gasteiger partial charge is 0.503 e. The maximum Gasteiger partial charge on any atom is 0.290 e. The van der Waals surface area contributed by atoms with Crippen LogP contribution in [0.5, 0.6) is 0 Å². The minimum Gasteiger partial charge on any atom is -0.503 e. The molecule has 1 unspecified atom stereocenters. The summed E-state index contributed by atoms with van der Waals surface area (Å²) in [5.41, 5.74) is 0.992. The first-order valence-corrected chi connectivity index (χ1v) is 8.80. The van der Waals surface area contributed by atoms with Crippen LogP contribution in [0.4, 0.5) is 0 Å². The van der Waals surface area contributed by atoms with E-state index in [9.17, 15) is 14.7 Å². The minimum atomic E-state index is -0.540. The Kier molecular flexibility index (Phi) is 6.05. The van der Waals surface area contributed by atoms with Gasteiger partial charge in [-0.25, -0.2) is 0 Å². The van der Waals surface area contributed by atoms with Crippen molar-refractivity contribution in [2.75, 3.05) is 6.54 Å². The second kappa shape index (κ2) is 7.84. The highest BCUT2D eigenvalue weighted by molar-refractivity contribution is 6.30. The van der Waals surface area contributed by atoms with Gasteiger partial charge in [0.25, 0.3) is 5.91 Å². The number of carbonyl (C=O) groups is 2. The van der Waals surface area contributed by atoms with Gasteiger partial charge >= 0.3 is 0 Å². The van der Waals surface area contributed by atoms with E-state index in [1.807, 2.05) is 0 Å². The molecule has 1 aliphatic heterocycles. The van der Waals surface area contributed by atoms with Crippen LogP contribution in [0.25, 0.3) is 0 Å². The monoisotopic (exact) mass is 349 g/mol. The zero-order valence-electron chi connectivity index (χ0n) is 14.4. The van der Waals surface area contributed by atoms with Crippen LogP contribution in [-0.2, 0) is 9.59 Å². The Morgan fingerprint density at radius 3 is 2.42 bits per heavy atom. The van der Waals surface area contributed by atoms with Gasteiger partial charge in [0.1, 0.15) is 0 Å². The molecule has 0 aliphatic carbocycles. The summed E-state index contributed by atoms with van der Waals surface area (Å²) >= 11 is 5.95. The van der Waals surface area contributed by atoms with Gasteiger partial charge in [-0.15, -0.1) is 0 Å². The van der Waals surface area contributed by atoms with Crippen molar-refractivity contribution in [3.8, 4) is 0 Å². The third-order valence-corrected chi connectivity index (χ3v) is 4.53. The molecule has 0 saturated heterocycles. The Balaban J connectivity index is 2.44. The van der Waals surface area contributed by atoms with Crippen molar-refractivity contribution in [2.45, 2.75) is 46.1 Å². The number of unbranched alkanes of at least 4 members (excludes halogenated alkanes) is 2. The molecule has 1 heterocycles. The number of aliphatic hydroxyl groups is 1. The third-order valence-electron chi connectivity index (χ3n) is 4.28. The van der Waals surface area contributed by atoms with E-state index < -0.39 is 17.7 Å².